The van der Waals surface area contributed by atoms with Crippen molar-refractivity contribution in [3.8, 4) is 46.0 Å². The summed E-state index contributed by atoms with van der Waals surface area (Å²) in [5, 5.41) is 4.47. The first-order valence-electron chi connectivity index (χ1n) is 22.8. The molecular formula is C46H31BrF14N4O10. The lowest BCUT2D eigenvalue weighted by molar-refractivity contribution is -0.276. The van der Waals surface area contributed by atoms with Crippen molar-refractivity contribution in [2.45, 2.75) is 39.4 Å². The third-order valence-corrected chi connectivity index (χ3v) is 9.84. The topological polar surface area (TPSA) is 166 Å². The third kappa shape index (κ3) is 14.1. The van der Waals surface area contributed by atoms with Gasteiger partial charge in [-0.25, -0.2) is 41.1 Å². The van der Waals surface area contributed by atoms with Crippen LogP contribution in [0.4, 0.5) is 72.8 Å². The van der Waals surface area contributed by atoms with Gasteiger partial charge in [0, 0.05) is 23.8 Å². The van der Waals surface area contributed by atoms with Gasteiger partial charge in [0.2, 0.25) is 23.1 Å². The van der Waals surface area contributed by atoms with Crippen molar-refractivity contribution in [3.63, 3.8) is 0 Å². The minimum Gasteiger partial charge on any atom is -0.490 e. The fourth-order valence-electron chi connectivity index (χ4n) is 5.99. The maximum atomic E-state index is 15.3. The second-order valence-electron chi connectivity index (χ2n) is 14.3. The van der Waals surface area contributed by atoms with Gasteiger partial charge in [-0.15, -0.1) is 26.3 Å². The minimum absolute atomic E-state index is 0.0841. The number of aromatic nitrogens is 2. The number of halogens is 15. The Morgan fingerprint density at radius 3 is 1.36 bits per heavy atom. The zero-order valence-corrected chi connectivity index (χ0v) is 38.8. The molecule has 0 radical (unpaired) electrons. The summed E-state index contributed by atoms with van der Waals surface area (Å²) in [5.74, 6) is -20.8. The van der Waals surface area contributed by atoms with E-state index in [1.54, 1.807) is 0 Å². The van der Waals surface area contributed by atoms with Crippen molar-refractivity contribution in [2.75, 3.05) is 31.8 Å². The highest BCUT2D eigenvalue weighted by Crippen LogP contribution is 2.44. The quantitative estimate of drug-likeness (QED) is 0.0569. The number of ether oxygens (including phenoxy) is 7. The molecule has 0 saturated heterocycles. The summed E-state index contributed by atoms with van der Waals surface area (Å²) < 4.78 is 264. The molecule has 2 heterocycles. The van der Waals surface area contributed by atoms with Crippen LogP contribution in [0.2, 0.25) is 0 Å². The Morgan fingerprint density at radius 1 is 0.587 bits per heavy atom. The number of hydrogen-bond acceptors (Lipinski definition) is 12. The Balaban J connectivity index is 0.000000298. The highest BCUT2D eigenvalue weighted by Gasteiger charge is 2.36. The number of esters is 1. The number of nitrogens with zero attached hydrogens (tertiary/aromatic N) is 2. The first-order valence-corrected chi connectivity index (χ1v) is 20.6. The van der Waals surface area contributed by atoms with Crippen LogP contribution >= 0.6 is 15.9 Å². The smallest absolute Gasteiger partial charge is 0.490 e. The van der Waals surface area contributed by atoms with Crippen molar-refractivity contribution in [3.05, 3.63) is 140 Å². The normalized spacial score (nSPS) is 12.9. The van der Waals surface area contributed by atoms with E-state index in [0.717, 1.165) is 19.4 Å². The third-order valence-electron chi connectivity index (χ3n) is 9.40. The molecule has 400 valence electrons. The minimum atomic E-state index is -5.40. The zero-order chi connectivity index (χ0) is 60.9. The molecule has 0 aliphatic rings. The number of rotatable bonds is 15. The molecule has 0 aliphatic heterocycles. The molecule has 6 aromatic rings. The maximum Gasteiger partial charge on any atom is 0.573 e. The van der Waals surface area contributed by atoms with Crippen molar-refractivity contribution in [2.24, 2.45) is 0 Å². The van der Waals surface area contributed by atoms with Crippen LogP contribution in [0.5, 0.6) is 46.0 Å². The summed E-state index contributed by atoms with van der Waals surface area (Å²) in [6.45, 7) is 2.93. The van der Waals surface area contributed by atoms with Crippen LogP contribution in [0.15, 0.2) is 77.7 Å². The van der Waals surface area contributed by atoms with E-state index in [0.29, 0.717) is 54.1 Å². The molecule has 0 aliphatic carbocycles. The van der Waals surface area contributed by atoms with Gasteiger partial charge in [-0.2, -0.15) is 8.78 Å². The van der Waals surface area contributed by atoms with Crippen LogP contribution in [0.1, 0.15) is 74.5 Å². The zero-order valence-electron chi connectivity index (χ0n) is 43.2. The van der Waals surface area contributed by atoms with E-state index < -0.39 is 149 Å². The molecular weight excluding hydrogens is 1110 g/mol. The van der Waals surface area contributed by atoms with Gasteiger partial charge in [-0.3, -0.25) is 9.59 Å². The highest BCUT2D eigenvalue weighted by atomic mass is 79.9. The molecule has 6 rings (SSSR count). The Morgan fingerprint density at radius 2 is 0.973 bits per heavy atom. The number of aryl methyl sites for hydroxylation is 2. The molecule has 0 spiro atoms. The molecule has 0 fully saturated rings. The van der Waals surface area contributed by atoms with E-state index in [1.165, 1.54) is 26.1 Å². The first kappa shape index (κ1) is 49.1. The van der Waals surface area contributed by atoms with Gasteiger partial charge < -0.3 is 43.8 Å². The molecule has 4 aromatic carbocycles. The van der Waals surface area contributed by atoms with Crippen LogP contribution in [0.25, 0.3) is 0 Å². The number of methoxy groups -OCH3 is 3. The average Bonchev–Trinajstić information content (AvgIpc) is 3.39. The number of hydrogen-bond donors (Lipinski definition) is 2. The van der Waals surface area contributed by atoms with Gasteiger partial charge in [-0.1, -0.05) is 0 Å². The summed E-state index contributed by atoms with van der Waals surface area (Å²) in [4.78, 5) is 45.7. The van der Waals surface area contributed by atoms with Crippen LogP contribution in [0, 0.1) is 37.1 Å². The highest BCUT2D eigenvalue weighted by molar-refractivity contribution is 9.10. The average molecular weight is 1150 g/mol. The van der Waals surface area contributed by atoms with Crippen LogP contribution in [-0.2, 0) is 4.74 Å². The Bertz CT molecular complexity index is 3360. The van der Waals surface area contributed by atoms with E-state index in [9.17, 15) is 67.1 Å². The molecule has 2 aromatic heterocycles. The predicted octanol–water partition coefficient (Wildman–Crippen LogP) is 13.7. The summed E-state index contributed by atoms with van der Waals surface area (Å²) in [6, 6.07) is 6.63. The van der Waals surface area contributed by atoms with Crippen molar-refractivity contribution in [1.29, 1.82) is 0 Å². The number of benzene rings is 4. The van der Waals surface area contributed by atoms with Gasteiger partial charge in [0.25, 0.3) is 24.7 Å². The summed E-state index contributed by atoms with van der Waals surface area (Å²) in [7, 11) is -5.84. The van der Waals surface area contributed by atoms with E-state index in [4.69, 9.17) is 17.7 Å². The Hall–Kier alpha value is -8.11. The molecule has 2 amide bonds. The summed E-state index contributed by atoms with van der Waals surface area (Å²) in [6.07, 6.45) is -15.1. The Kier molecular flexibility index (Phi) is 15.6. The molecule has 2 N–H and O–H groups in total. The van der Waals surface area contributed by atoms with Crippen molar-refractivity contribution < 1.29 is 117 Å². The molecule has 0 unspecified atom stereocenters. The predicted molar refractivity (Wildman–Crippen MR) is 235 cm³/mol. The number of nitrogens with one attached hydrogen (secondary N) is 2. The SMILES string of the molecule is [2H]C([2H])([2H])Oc1c(Oc2ccc(C(F)F)c(F)c2C(=O)Nc2cc(Br)ncc2C)ccc(OC(F)(F)F)c1F.[2H]C([2H])([2H])Oc1c(Oc2ccc(C(F)F)c(F)c2C(=O)Nc2cc(C(=O)OC)ncc2C)ccc(OC(F)(F)F)c1F. The fourth-order valence-corrected chi connectivity index (χ4v) is 6.32. The van der Waals surface area contributed by atoms with Crippen LogP contribution < -0.4 is 39.1 Å². The van der Waals surface area contributed by atoms with E-state index in [2.05, 4.69) is 60.2 Å². The number of alkyl halides is 10. The number of carbonyl (C=O) groups is 3. The number of amides is 2. The number of pyridine rings is 2. The van der Waals surface area contributed by atoms with E-state index >= 15 is 8.78 Å². The van der Waals surface area contributed by atoms with Gasteiger partial charge in [0.05, 0.1) is 40.5 Å². The molecule has 0 atom stereocenters. The largest absolute Gasteiger partial charge is 0.573 e. The van der Waals surface area contributed by atoms with Crippen molar-refractivity contribution >= 4 is 45.1 Å². The molecule has 29 heteroatoms. The van der Waals surface area contributed by atoms with Gasteiger partial charge in [-0.05, 0) is 102 Å². The lowest BCUT2D eigenvalue weighted by Gasteiger charge is -2.18. The summed E-state index contributed by atoms with van der Waals surface area (Å²) >= 11 is 3.07. The standard InChI is InChI=1S/C24H17F7N2O6.C22H14BrF7N2O4/c1-10-9-32-13(23(35)37-3)8-12(10)33-22(34)17-14(5-4-11(18(17)25)21(27)28)38-16-7-6-15(39-24(29,30)31)19(26)20(16)36-2;1-9-8-31-15(23)7-11(9)32-21(33)16-12(4-3-10(17(16)24)20(26)27)35-14-6-5-13(36-22(28,29)30)18(25)19(14)34-2/h4-9,21H,1-3H3,(H,32,33,34);3-8,20H,1-2H3,(H,31,32,33)/i2*2D3. The number of carbonyl (C=O) groups excluding carboxylic acids is 3. The molecule has 0 saturated carbocycles. The first-order chi connectivity index (χ1) is 37.4. The Labute approximate surface area is 429 Å². The monoisotopic (exact) mass is 1150 g/mol. The lowest BCUT2D eigenvalue weighted by atomic mass is 10.1. The van der Waals surface area contributed by atoms with E-state index in [1.807, 2.05) is 0 Å². The van der Waals surface area contributed by atoms with Crippen molar-refractivity contribution in [1.82, 2.24) is 9.97 Å². The molecule has 0 bridgehead atoms. The second-order valence-corrected chi connectivity index (χ2v) is 15.1. The van der Waals surface area contributed by atoms with Crippen LogP contribution in [0.3, 0.4) is 0 Å². The van der Waals surface area contributed by atoms with Crippen LogP contribution in [-0.4, -0.2) is 61.7 Å². The fraction of sp³-hybridized carbons (Fsp3) is 0.196. The van der Waals surface area contributed by atoms with E-state index in [-0.39, 0.29) is 27.2 Å². The molecule has 14 nitrogen and oxygen atoms in total. The lowest BCUT2D eigenvalue weighted by Crippen LogP contribution is -2.18. The summed E-state index contributed by atoms with van der Waals surface area (Å²) in [5.41, 5.74) is -4.55. The molecule has 75 heavy (non-hydrogen) atoms. The maximum absolute atomic E-state index is 15.3. The number of anilines is 2. The van der Waals surface area contributed by atoms with Gasteiger partial charge in [0.1, 0.15) is 44.6 Å². The van der Waals surface area contributed by atoms with Gasteiger partial charge >= 0.3 is 18.7 Å². The second kappa shape index (κ2) is 23.8. The van der Waals surface area contributed by atoms with Gasteiger partial charge in [0.15, 0.2) is 23.0 Å².